The zero-order valence-electron chi connectivity index (χ0n) is 7.81. The second-order valence-electron chi connectivity index (χ2n) is 2.66. The lowest BCUT2D eigenvalue weighted by Gasteiger charge is -2.09. The van der Waals surface area contributed by atoms with Gasteiger partial charge in [0.15, 0.2) is 0 Å². The molecule has 3 N–H and O–H groups in total. The van der Waals surface area contributed by atoms with Gasteiger partial charge in [-0.05, 0) is 18.6 Å². The Labute approximate surface area is 84.3 Å². The van der Waals surface area contributed by atoms with Crippen molar-refractivity contribution in [2.45, 2.75) is 6.92 Å². The third-order valence-electron chi connectivity index (χ3n) is 1.65. The lowest BCUT2D eigenvalue weighted by molar-refractivity contribution is 0.412. The predicted molar refractivity (Wildman–Crippen MR) is 53.5 cm³/mol. The molecule has 6 heteroatoms. The molecule has 1 aromatic carbocycles. The molecule has 78 valence electrons. The van der Waals surface area contributed by atoms with Crippen molar-refractivity contribution in [2.75, 3.05) is 12.8 Å². The smallest absolute Gasteiger partial charge is 0.357 e. The molecule has 1 unspecified atom stereocenters. The van der Waals surface area contributed by atoms with Gasteiger partial charge in [-0.1, -0.05) is 0 Å². The third-order valence-corrected chi connectivity index (χ3v) is 1.98. The molecule has 5 nitrogen and oxygen atoms in total. The van der Waals surface area contributed by atoms with Gasteiger partial charge in [-0.2, -0.15) is 4.21 Å². The molecule has 0 spiro atoms. The second-order valence-corrected chi connectivity index (χ2v) is 3.26. The summed E-state index contributed by atoms with van der Waals surface area (Å²) in [6.45, 7) is 1.77. The largest absolute Gasteiger partial charge is 0.494 e. The number of nitrogen functional groups attached to an aromatic ring is 1. The van der Waals surface area contributed by atoms with Crippen molar-refractivity contribution >= 4 is 17.0 Å². The summed E-state index contributed by atoms with van der Waals surface area (Å²) >= 11 is -2.34. The van der Waals surface area contributed by atoms with Crippen LogP contribution in [-0.2, 0) is 11.4 Å². The van der Waals surface area contributed by atoms with E-state index in [0.29, 0.717) is 11.4 Å². The Hall–Kier alpha value is -1.27. The first kappa shape index (κ1) is 10.8. The van der Waals surface area contributed by atoms with Crippen LogP contribution in [0.4, 0.5) is 5.69 Å². The zero-order chi connectivity index (χ0) is 10.7. The van der Waals surface area contributed by atoms with Gasteiger partial charge >= 0.3 is 11.4 Å². The maximum atomic E-state index is 10.4. The topological polar surface area (TPSA) is 81.8 Å². The number of methoxy groups -OCH3 is 1. The van der Waals surface area contributed by atoms with Crippen LogP contribution in [0.3, 0.4) is 0 Å². The zero-order valence-corrected chi connectivity index (χ0v) is 8.63. The van der Waals surface area contributed by atoms with E-state index in [1.807, 2.05) is 0 Å². The first-order valence-electron chi connectivity index (χ1n) is 3.78. The van der Waals surface area contributed by atoms with Gasteiger partial charge in [-0.3, -0.25) is 4.55 Å². The van der Waals surface area contributed by atoms with Gasteiger partial charge in [0.05, 0.1) is 12.8 Å². The van der Waals surface area contributed by atoms with Crippen LogP contribution >= 0.6 is 0 Å². The van der Waals surface area contributed by atoms with Crippen LogP contribution in [-0.4, -0.2) is 15.9 Å². The maximum Gasteiger partial charge on any atom is 0.357 e. The molecular formula is C8H11NO4S. The summed E-state index contributed by atoms with van der Waals surface area (Å²) in [4.78, 5) is 0. The summed E-state index contributed by atoms with van der Waals surface area (Å²) < 4.78 is 28.4. The van der Waals surface area contributed by atoms with E-state index in [2.05, 4.69) is 4.18 Å². The molecule has 1 aromatic rings. The molecule has 1 atom stereocenters. The first-order valence-corrected chi connectivity index (χ1v) is 4.81. The van der Waals surface area contributed by atoms with Gasteiger partial charge in [0.25, 0.3) is 0 Å². The molecule has 0 fully saturated rings. The van der Waals surface area contributed by atoms with Gasteiger partial charge in [-0.25, -0.2) is 0 Å². The van der Waals surface area contributed by atoms with Crippen LogP contribution in [0.1, 0.15) is 5.56 Å². The Morgan fingerprint density at radius 3 is 2.57 bits per heavy atom. The molecule has 0 saturated carbocycles. The summed E-state index contributed by atoms with van der Waals surface area (Å²) in [5.74, 6) is 0.780. The fraction of sp³-hybridized carbons (Fsp3) is 0.250. The highest BCUT2D eigenvalue weighted by atomic mass is 32.2. The van der Waals surface area contributed by atoms with Crippen molar-refractivity contribution in [2.24, 2.45) is 0 Å². The highest BCUT2D eigenvalue weighted by Gasteiger charge is 2.08. The molecule has 0 aliphatic rings. The third kappa shape index (κ3) is 2.36. The minimum absolute atomic E-state index is 0.238. The van der Waals surface area contributed by atoms with Crippen LogP contribution in [0.15, 0.2) is 12.1 Å². The van der Waals surface area contributed by atoms with E-state index in [0.717, 1.165) is 5.56 Å². The Balaban J connectivity index is 3.07. The van der Waals surface area contributed by atoms with Crippen molar-refractivity contribution in [3.63, 3.8) is 0 Å². The van der Waals surface area contributed by atoms with Crippen LogP contribution in [0.2, 0.25) is 0 Å². The van der Waals surface area contributed by atoms with Crippen LogP contribution in [0, 0.1) is 6.92 Å². The molecule has 0 aromatic heterocycles. The monoisotopic (exact) mass is 217 g/mol. The normalized spacial score (nSPS) is 12.2. The highest BCUT2D eigenvalue weighted by molar-refractivity contribution is 7.74. The maximum absolute atomic E-state index is 10.4. The minimum Gasteiger partial charge on any atom is -0.494 e. The standard InChI is InChI=1S/C8H11NO4S/c1-5-3-6(13-14(10)11)4-7(9)8(5)12-2/h3-4H,9H2,1-2H3,(H,10,11). The number of rotatable bonds is 3. The number of anilines is 1. The van der Waals surface area contributed by atoms with E-state index in [-0.39, 0.29) is 5.75 Å². The fourth-order valence-electron chi connectivity index (χ4n) is 1.18. The number of ether oxygens (including phenoxy) is 1. The Morgan fingerprint density at radius 1 is 1.50 bits per heavy atom. The van der Waals surface area contributed by atoms with Crippen molar-refractivity contribution in [3.8, 4) is 11.5 Å². The Morgan fingerprint density at radius 2 is 2.14 bits per heavy atom. The number of nitrogens with two attached hydrogens (primary N) is 1. The van der Waals surface area contributed by atoms with Crippen molar-refractivity contribution in [3.05, 3.63) is 17.7 Å². The summed E-state index contributed by atoms with van der Waals surface area (Å²) in [5.41, 5.74) is 6.73. The average molecular weight is 217 g/mol. The number of aryl methyl sites for hydroxylation is 1. The molecule has 0 aliphatic heterocycles. The van der Waals surface area contributed by atoms with Gasteiger partial charge in [-0.15, -0.1) is 0 Å². The summed E-state index contributed by atoms with van der Waals surface area (Å²) in [6, 6.07) is 3.00. The van der Waals surface area contributed by atoms with E-state index in [9.17, 15) is 4.21 Å². The quantitative estimate of drug-likeness (QED) is 0.585. The molecule has 0 radical (unpaired) electrons. The molecule has 0 bridgehead atoms. The van der Waals surface area contributed by atoms with Crippen LogP contribution < -0.4 is 14.7 Å². The molecule has 0 aliphatic carbocycles. The molecular weight excluding hydrogens is 206 g/mol. The molecule has 1 rings (SSSR count). The van der Waals surface area contributed by atoms with Gasteiger partial charge in [0, 0.05) is 6.07 Å². The van der Waals surface area contributed by atoms with E-state index in [1.165, 1.54) is 13.2 Å². The van der Waals surface area contributed by atoms with Crippen molar-refractivity contribution in [1.82, 2.24) is 0 Å². The lowest BCUT2D eigenvalue weighted by atomic mass is 10.2. The molecule has 14 heavy (non-hydrogen) atoms. The molecule has 0 heterocycles. The van der Waals surface area contributed by atoms with E-state index in [4.69, 9.17) is 15.0 Å². The molecule has 0 amide bonds. The Bertz CT molecular complexity index is 343. The Kier molecular flexibility index (Phi) is 3.32. The van der Waals surface area contributed by atoms with E-state index in [1.54, 1.807) is 13.0 Å². The summed E-state index contributed by atoms with van der Waals surface area (Å²) in [7, 11) is 1.50. The van der Waals surface area contributed by atoms with E-state index >= 15 is 0 Å². The highest BCUT2D eigenvalue weighted by Crippen LogP contribution is 2.30. The van der Waals surface area contributed by atoms with Crippen LogP contribution in [0.5, 0.6) is 11.5 Å². The number of hydrogen-bond acceptors (Lipinski definition) is 4. The van der Waals surface area contributed by atoms with Gasteiger partial charge in [0.2, 0.25) is 0 Å². The predicted octanol–water partition coefficient (Wildman–Crippen LogP) is 1.10. The number of hydrogen-bond donors (Lipinski definition) is 2. The average Bonchev–Trinajstić information content (AvgIpc) is 2.01. The van der Waals surface area contributed by atoms with Crippen molar-refractivity contribution in [1.29, 1.82) is 0 Å². The molecule has 0 saturated heterocycles. The summed E-state index contributed by atoms with van der Waals surface area (Å²) in [5, 5.41) is 0. The first-order chi connectivity index (χ1) is 6.54. The summed E-state index contributed by atoms with van der Waals surface area (Å²) in [6.07, 6.45) is 0. The van der Waals surface area contributed by atoms with Crippen LogP contribution in [0.25, 0.3) is 0 Å². The lowest BCUT2D eigenvalue weighted by Crippen LogP contribution is -2.00. The second kappa shape index (κ2) is 4.30. The minimum atomic E-state index is -2.34. The fourth-order valence-corrected chi connectivity index (χ4v) is 1.44. The number of benzene rings is 1. The van der Waals surface area contributed by atoms with E-state index < -0.39 is 11.4 Å². The SMILES string of the molecule is COc1c(C)cc(OS(=O)O)cc1N. The van der Waals surface area contributed by atoms with Gasteiger partial charge in [0.1, 0.15) is 11.5 Å². The van der Waals surface area contributed by atoms with Crippen molar-refractivity contribution < 1.29 is 17.7 Å². The van der Waals surface area contributed by atoms with Gasteiger partial charge < -0.3 is 14.7 Å².